The van der Waals surface area contributed by atoms with E-state index < -0.39 is 6.10 Å². The van der Waals surface area contributed by atoms with Gasteiger partial charge < -0.3 is 9.84 Å². The van der Waals surface area contributed by atoms with Crippen molar-refractivity contribution >= 4 is 5.97 Å². The van der Waals surface area contributed by atoms with Gasteiger partial charge >= 0.3 is 5.97 Å². The van der Waals surface area contributed by atoms with Crippen molar-refractivity contribution in [3.63, 3.8) is 0 Å². The first-order chi connectivity index (χ1) is 20.2. The fourth-order valence-electron chi connectivity index (χ4n) is 13.4. The van der Waals surface area contributed by atoms with Crippen molar-refractivity contribution < 1.29 is 14.6 Å². The third-order valence-corrected chi connectivity index (χ3v) is 15.7. The van der Waals surface area contributed by atoms with Gasteiger partial charge in [0.05, 0.1) is 6.54 Å². The summed E-state index contributed by atoms with van der Waals surface area (Å²) in [6, 6.07) is 0. The molecule has 0 radical (unpaired) electrons. The van der Waals surface area contributed by atoms with E-state index in [2.05, 4.69) is 64.9 Å². The monoisotopic (exact) mass is 591 g/mol. The van der Waals surface area contributed by atoms with E-state index in [1.165, 1.54) is 50.5 Å². The molecule has 0 aromatic carbocycles. The van der Waals surface area contributed by atoms with Gasteiger partial charge in [-0.05, 0) is 143 Å². The summed E-state index contributed by atoms with van der Waals surface area (Å²) in [5.74, 6) is 9.57. The summed E-state index contributed by atoms with van der Waals surface area (Å²) in [6.07, 6.45) is 13.8. The number of esters is 1. The minimum Gasteiger partial charge on any atom is -0.462 e. The Morgan fingerprint density at radius 1 is 0.907 bits per heavy atom. The summed E-state index contributed by atoms with van der Waals surface area (Å²) >= 11 is 0. The third kappa shape index (κ3) is 4.63. The molecule has 0 unspecified atom stereocenters. The lowest BCUT2D eigenvalue weighted by Gasteiger charge is -2.73. The highest BCUT2D eigenvalue weighted by molar-refractivity contribution is 5.66. The van der Waals surface area contributed by atoms with Crippen LogP contribution in [-0.4, -0.2) is 47.8 Å². The highest BCUT2D eigenvalue weighted by atomic mass is 16.5. The van der Waals surface area contributed by atoms with Crippen LogP contribution in [0.3, 0.4) is 0 Å². The second-order valence-electron chi connectivity index (χ2n) is 17.6. The Kier molecular flexibility index (Phi) is 8.03. The van der Waals surface area contributed by atoms with Crippen LogP contribution in [0.15, 0.2) is 12.2 Å². The Morgan fingerprint density at radius 2 is 1.63 bits per heavy atom. The molecule has 11 atom stereocenters. The summed E-state index contributed by atoms with van der Waals surface area (Å²) in [6.45, 7) is 24.2. The zero-order valence-corrected chi connectivity index (χ0v) is 28.6. The lowest BCUT2D eigenvalue weighted by molar-refractivity contribution is -0.253. The molecule has 43 heavy (non-hydrogen) atoms. The van der Waals surface area contributed by atoms with Crippen molar-refractivity contribution in [3.8, 4) is 11.8 Å². The van der Waals surface area contributed by atoms with Crippen molar-refractivity contribution in [2.24, 2.45) is 56.7 Å². The predicted octanol–water partition coefficient (Wildman–Crippen LogP) is 8.04. The number of allylic oxidation sites excluding steroid dienone is 1. The number of carbonyl (C=O) groups excluding carboxylic acids is 1. The molecule has 1 aliphatic heterocycles. The van der Waals surface area contributed by atoms with Gasteiger partial charge in [0, 0.05) is 17.8 Å². The second kappa shape index (κ2) is 10.9. The molecule has 0 amide bonds. The standard InChI is InChI=1S/C39H61NO3/c1-26(2)28-15-20-39(32(42)12-11-25-40-23-9-10-24-40)22-21-37(7)29(34(28)39)13-14-31-36(6)18-17-33(43-27(3)41)35(4,5)30(36)16-19-38(31,37)8/h28-34,42H,1,9-10,13-25H2,2-8H3/t28-,29+,30-,31+,32-,33-,34+,36-,37+,38+,39+/m0/s1. The van der Waals surface area contributed by atoms with Gasteiger partial charge in [0.15, 0.2) is 0 Å². The highest BCUT2D eigenvalue weighted by Crippen LogP contribution is 2.78. The smallest absolute Gasteiger partial charge is 0.302 e. The molecule has 1 N–H and O–H groups in total. The van der Waals surface area contributed by atoms with Crippen LogP contribution in [0.5, 0.6) is 0 Å². The van der Waals surface area contributed by atoms with Gasteiger partial charge in [0.2, 0.25) is 0 Å². The fraction of sp³-hybridized carbons (Fsp3) is 0.872. The first kappa shape index (κ1) is 31.7. The summed E-state index contributed by atoms with van der Waals surface area (Å²) in [7, 11) is 0. The van der Waals surface area contributed by atoms with Crippen LogP contribution >= 0.6 is 0 Å². The molecule has 6 fully saturated rings. The van der Waals surface area contributed by atoms with Gasteiger partial charge in [-0.1, -0.05) is 58.6 Å². The summed E-state index contributed by atoms with van der Waals surface area (Å²) < 4.78 is 5.95. The maximum atomic E-state index is 12.0. The van der Waals surface area contributed by atoms with Gasteiger partial charge in [0.25, 0.3) is 0 Å². The molecule has 5 saturated carbocycles. The predicted molar refractivity (Wildman–Crippen MR) is 174 cm³/mol. The molecule has 6 rings (SSSR count). The lowest BCUT2D eigenvalue weighted by atomic mass is 9.32. The molecular formula is C39H61NO3. The molecule has 4 nitrogen and oxygen atoms in total. The van der Waals surface area contributed by atoms with Gasteiger partial charge in [-0.2, -0.15) is 0 Å². The molecule has 4 heteroatoms. The molecule has 5 aliphatic carbocycles. The van der Waals surface area contributed by atoms with Crippen LogP contribution < -0.4 is 0 Å². The Morgan fingerprint density at radius 3 is 2.30 bits per heavy atom. The van der Waals surface area contributed by atoms with E-state index in [-0.39, 0.29) is 39.1 Å². The van der Waals surface area contributed by atoms with E-state index in [0.29, 0.717) is 29.6 Å². The average molecular weight is 592 g/mol. The number of aliphatic hydroxyl groups excluding tert-OH is 1. The zero-order valence-electron chi connectivity index (χ0n) is 28.6. The fourth-order valence-corrected chi connectivity index (χ4v) is 13.4. The summed E-state index contributed by atoms with van der Waals surface area (Å²) in [4.78, 5) is 14.5. The number of ether oxygens (including phenoxy) is 1. The van der Waals surface area contributed by atoms with Gasteiger partial charge in [-0.3, -0.25) is 9.69 Å². The summed E-state index contributed by atoms with van der Waals surface area (Å²) in [5, 5.41) is 12.0. The number of carbonyl (C=O) groups is 1. The summed E-state index contributed by atoms with van der Waals surface area (Å²) in [5.41, 5.74) is 2.00. The van der Waals surface area contributed by atoms with Crippen LogP contribution in [0.1, 0.15) is 126 Å². The molecule has 240 valence electrons. The largest absolute Gasteiger partial charge is 0.462 e. The quantitative estimate of drug-likeness (QED) is 0.204. The number of aliphatic hydroxyl groups is 1. The molecule has 1 heterocycles. The van der Waals surface area contributed by atoms with E-state index in [9.17, 15) is 9.90 Å². The maximum Gasteiger partial charge on any atom is 0.302 e. The maximum absolute atomic E-state index is 12.0. The van der Waals surface area contributed by atoms with Gasteiger partial charge in [0.1, 0.15) is 12.2 Å². The molecule has 1 saturated heterocycles. The van der Waals surface area contributed by atoms with Gasteiger partial charge in [-0.25, -0.2) is 0 Å². The lowest BCUT2D eigenvalue weighted by Crippen LogP contribution is -2.67. The molecule has 0 spiro atoms. The van der Waals surface area contributed by atoms with Crippen LogP contribution in [0.4, 0.5) is 0 Å². The number of hydrogen-bond acceptors (Lipinski definition) is 4. The first-order valence-electron chi connectivity index (χ1n) is 17.9. The number of nitrogens with zero attached hydrogens (tertiary/aromatic N) is 1. The molecule has 0 bridgehead atoms. The average Bonchev–Trinajstić information content (AvgIpc) is 3.59. The van der Waals surface area contributed by atoms with Crippen LogP contribution in [-0.2, 0) is 9.53 Å². The Bertz CT molecular complexity index is 1170. The van der Waals surface area contributed by atoms with Crippen LogP contribution in [0.25, 0.3) is 0 Å². The molecular weight excluding hydrogens is 530 g/mol. The van der Waals surface area contributed by atoms with Crippen molar-refractivity contribution in [2.45, 2.75) is 138 Å². The van der Waals surface area contributed by atoms with E-state index >= 15 is 0 Å². The SMILES string of the molecule is C=C(C)[C@@H]1CC[C@]2([C@@H](O)C#CCN3CCCC3)CC[C@]3(C)[C@H](CC[C@@H]4[C@@]5(C)CC[C@H](OC(C)=O)C(C)(C)[C@@H]5CC[C@]43C)[C@@H]12. The van der Waals surface area contributed by atoms with E-state index in [1.807, 2.05) is 0 Å². The number of rotatable bonds is 4. The van der Waals surface area contributed by atoms with Crippen LogP contribution in [0.2, 0.25) is 0 Å². The van der Waals surface area contributed by atoms with Crippen molar-refractivity contribution in [2.75, 3.05) is 19.6 Å². The highest BCUT2D eigenvalue weighted by Gasteiger charge is 2.71. The van der Waals surface area contributed by atoms with E-state index in [0.717, 1.165) is 51.7 Å². The zero-order chi connectivity index (χ0) is 31.0. The minimum absolute atomic E-state index is 0.00613. The Hall–Kier alpha value is -1.31. The second-order valence-corrected chi connectivity index (χ2v) is 17.6. The molecule has 0 aromatic rings. The van der Waals surface area contributed by atoms with Crippen LogP contribution in [0, 0.1) is 68.5 Å². The Labute approximate surface area is 263 Å². The molecule has 0 aromatic heterocycles. The molecule has 6 aliphatic rings. The van der Waals surface area contributed by atoms with Gasteiger partial charge in [-0.15, -0.1) is 0 Å². The number of likely N-dealkylation sites (tertiary alicyclic amines) is 1. The van der Waals surface area contributed by atoms with Crippen molar-refractivity contribution in [1.29, 1.82) is 0 Å². The third-order valence-electron chi connectivity index (χ3n) is 15.7. The van der Waals surface area contributed by atoms with E-state index in [4.69, 9.17) is 4.74 Å². The number of hydrogen-bond donors (Lipinski definition) is 1. The van der Waals surface area contributed by atoms with Crippen molar-refractivity contribution in [3.05, 3.63) is 12.2 Å². The Balaban J connectivity index is 1.31. The topological polar surface area (TPSA) is 49.8 Å². The first-order valence-corrected chi connectivity index (χ1v) is 17.9. The minimum atomic E-state index is -0.537. The van der Waals surface area contributed by atoms with Crippen molar-refractivity contribution in [1.82, 2.24) is 4.90 Å². The number of fused-ring (bicyclic) bond motifs is 7. The van der Waals surface area contributed by atoms with E-state index in [1.54, 1.807) is 6.92 Å². The normalized spacial score (nSPS) is 47.6.